The number of para-hydroxylation sites is 1. The third-order valence-electron chi connectivity index (χ3n) is 3.91. The van der Waals surface area contributed by atoms with Crippen LogP contribution in [-0.4, -0.2) is 22.4 Å². The summed E-state index contributed by atoms with van der Waals surface area (Å²) in [6.45, 7) is 0.548. The fourth-order valence-electron chi connectivity index (χ4n) is 2.56. The van der Waals surface area contributed by atoms with Crippen molar-refractivity contribution in [3.63, 3.8) is 0 Å². The van der Waals surface area contributed by atoms with Gasteiger partial charge >= 0.3 is 6.18 Å². The van der Waals surface area contributed by atoms with Crippen LogP contribution >= 0.6 is 0 Å². The number of alkyl halides is 3. The Labute approximate surface area is 159 Å². The van der Waals surface area contributed by atoms with Gasteiger partial charge in [-0.3, -0.25) is 4.79 Å². The zero-order valence-corrected chi connectivity index (χ0v) is 14.7. The van der Waals surface area contributed by atoms with Crippen molar-refractivity contribution in [3.8, 4) is 0 Å². The average molecular weight is 386 g/mol. The molecule has 1 aromatic heterocycles. The minimum absolute atomic E-state index is 0.0332. The number of nitrogens with zero attached hydrogens (tertiary/aromatic N) is 2. The zero-order chi connectivity index (χ0) is 20.0. The minimum Gasteiger partial charge on any atom is -0.354 e. The van der Waals surface area contributed by atoms with Crippen LogP contribution < -0.4 is 10.6 Å². The molecule has 5 nitrogen and oxygen atoms in total. The Bertz CT molecular complexity index is 945. The number of hydrogen-bond donors (Lipinski definition) is 2. The fraction of sp³-hybridized carbons (Fsp3) is 0.150. The number of amides is 1. The standard InChI is InChI=1S/C20H17F3N4O/c21-20(22,23)15-8-4-5-9-16(15)26-18(28)17-11-13-25-19(27-17)24-12-10-14-6-2-1-3-7-14/h1-9,11,13H,10,12H2,(H,26,28)(H,24,25,27). The molecule has 0 radical (unpaired) electrons. The van der Waals surface area contributed by atoms with Gasteiger partial charge in [0.1, 0.15) is 5.69 Å². The maximum atomic E-state index is 13.1. The Morgan fingerprint density at radius 3 is 2.43 bits per heavy atom. The highest BCUT2D eigenvalue weighted by Gasteiger charge is 2.33. The van der Waals surface area contributed by atoms with Gasteiger partial charge < -0.3 is 10.6 Å². The first-order valence-corrected chi connectivity index (χ1v) is 8.52. The summed E-state index contributed by atoms with van der Waals surface area (Å²) >= 11 is 0. The molecule has 8 heteroatoms. The number of carbonyl (C=O) groups is 1. The summed E-state index contributed by atoms with van der Waals surface area (Å²) in [6.07, 6.45) is -2.46. The highest BCUT2D eigenvalue weighted by molar-refractivity contribution is 6.03. The smallest absolute Gasteiger partial charge is 0.354 e. The second-order valence-corrected chi connectivity index (χ2v) is 5.93. The first kappa shape index (κ1) is 19.3. The first-order valence-electron chi connectivity index (χ1n) is 8.52. The van der Waals surface area contributed by atoms with Gasteiger partial charge in [0.15, 0.2) is 0 Å². The molecular formula is C20H17F3N4O. The lowest BCUT2D eigenvalue weighted by Gasteiger charge is -2.13. The van der Waals surface area contributed by atoms with Crippen molar-refractivity contribution in [2.75, 3.05) is 17.2 Å². The van der Waals surface area contributed by atoms with E-state index >= 15 is 0 Å². The largest absolute Gasteiger partial charge is 0.418 e. The van der Waals surface area contributed by atoms with Gasteiger partial charge in [0.25, 0.3) is 5.91 Å². The molecule has 0 aliphatic rings. The van der Waals surface area contributed by atoms with Gasteiger partial charge in [-0.05, 0) is 30.2 Å². The molecule has 0 unspecified atom stereocenters. The van der Waals surface area contributed by atoms with E-state index in [2.05, 4.69) is 20.6 Å². The van der Waals surface area contributed by atoms with Crippen LogP contribution in [0.15, 0.2) is 66.9 Å². The zero-order valence-electron chi connectivity index (χ0n) is 14.7. The number of aromatic nitrogens is 2. The predicted molar refractivity (Wildman–Crippen MR) is 100 cm³/mol. The maximum absolute atomic E-state index is 13.1. The Morgan fingerprint density at radius 1 is 0.964 bits per heavy atom. The van der Waals surface area contributed by atoms with Crippen molar-refractivity contribution < 1.29 is 18.0 Å². The molecule has 3 rings (SSSR count). The van der Waals surface area contributed by atoms with Crippen LogP contribution in [-0.2, 0) is 12.6 Å². The van der Waals surface area contributed by atoms with Crippen LogP contribution in [0.3, 0.4) is 0 Å². The summed E-state index contributed by atoms with van der Waals surface area (Å²) in [7, 11) is 0. The number of carbonyl (C=O) groups excluding carboxylic acids is 1. The van der Waals surface area contributed by atoms with E-state index < -0.39 is 17.6 Å². The lowest BCUT2D eigenvalue weighted by atomic mass is 10.1. The van der Waals surface area contributed by atoms with E-state index in [1.54, 1.807) is 0 Å². The van der Waals surface area contributed by atoms with Crippen molar-refractivity contribution >= 4 is 17.5 Å². The van der Waals surface area contributed by atoms with Crippen LogP contribution in [0.25, 0.3) is 0 Å². The van der Waals surface area contributed by atoms with Crippen molar-refractivity contribution in [3.05, 3.63) is 83.7 Å². The third-order valence-corrected chi connectivity index (χ3v) is 3.91. The van der Waals surface area contributed by atoms with Crippen LogP contribution in [0.2, 0.25) is 0 Å². The second kappa shape index (κ2) is 8.51. The van der Waals surface area contributed by atoms with Gasteiger partial charge in [-0.15, -0.1) is 0 Å². The van der Waals surface area contributed by atoms with Crippen molar-refractivity contribution in [1.82, 2.24) is 9.97 Å². The number of anilines is 2. The topological polar surface area (TPSA) is 66.9 Å². The highest BCUT2D eigenvalue weighted by atomic mass is 19.4. The van der Waals surface area contributed by atoms with Gasteiger partial charge in [-0.1, -0.05) is 42.5 Å². The molecule has 0 aliphatic heterocycles. The fourth-order valence-corrected chi connectivity index (χ4v) is 2.56. The molecule has 0 saturated heterocycles. The molecule has 0 atom stereocenters. The normalized spacial score (nSPS) is 11.1. The van der Waals surface area contributed by atoms with E-state index in [0.717, 1.165) is 18.1 Å². The van der Waals surface area contributed by atoms with E-state index in [1.165, 1.54) is 30.5 Å². The van der Waals surface area contributed by atoms with E-state index in [1.807, 2.05) is 30.3 Å². The lowest BCUT2D eigenvalue weighted by molar-refractivity contribution is -0.136. The van der Waals surface area contributed by atoms with Gasteiger partial charge in [-0.2, -0.15) is 13.2 Å². The third kappa shape index (κ3) is 5.06. The average Bonchev–Trinajstić information content (AvgIpc) is 2.69. The summed E-state index contributed by atoms with van der Waals surface area (Å²) in [6, 6.07) is 15.9. The molecule has 2 N–H and O–H groups in total. The molecule has 2 aromatic carbocycles. The number of halogens is 3. The minimum atomic E-state index is -4.57. The summed E-state index contributed by atoms with van der Waals surface area (Å²) in [4.78, 5) is 20.5. The molecule has 144 valence electrons. The van der Waals surface area contributed by atoms with E-state index in [0.29, 0.717) is 6.54 Å². The second-order valence-electron chi connectivity index (χ2n) is 5.93. The summed E-state index contributed by atoms with van der Waals surface area (Å²) < 4.78 is 39.2. The predicted octanol–water partition coefficient (Wildman–Crippen LogP) is 4.40. The Balaban J connectivity index is 1.66. The maximum Gasteiger partial charge on any atom is 0.418 e. The number of nitrogens with one attached hydrogen (secondary N) is 2. The quantitative estimate of drug-likeness (QED) is 0.659. The summed E-state index contributed by atoms with van der Waals surface area (Å²) in [5, 5.41) is 5.27. The van der Waals surface area contributed by atoms with Crippen molar-refractivity contribution in [2.24, 2.45) is 0 Å². The van der Waals surface area contributed by atoms with Crippen molar-refractivity contribution in [2.45, 2.75) is 12.6 Å². The highest BCUT2D eigenvalue weighted by Crippen LogP contribution is 2.34. The molecule has 0 bridgehead atoms. The van der Waals surface area contributed by atoms with Crippen LogP contribution in [0.1, 0.15) is 21.6 Å². The molecule has 28 heavy (non-hydrogen) atoms. The van der Waals surface area contributed by atoms with Gasteiger partial charge in [0.2, 0.25) is 5.95 Å². The molecule has 0 fully saturated rings. The Morgan fingerprint density at radius 2 is 1.68 bits per heavy atom. The van der Waals surface area contributed by atoms with Gasteiger partial charge in [-0.25, -0.2) is 9.97 Å². The van der Waals surface area contributed by atoms with Crippen LogP contribution in [0.5, 0.6) is 0 Å². The van der Waals surface area contributed by atoms with Crippen LogP contribution in [0.4, 0.5) is 24.8 Å². The number of rotatable bonds is 6. The molecular weight excluding hydrogens is 369 g/mol. The van der Waals surface area contributed by atoms with Gasteiger partial charge in [0, 0.05) is 12.7 Å². The summed E-state index contributed by atoms with van der Waals surface area (Å²) in [5.41, 5.74) is -0.141. The van der Waals surface area contributed by atoms with Crippen molar-refractivity contribution in [1.29, 1.82) is 0 Å². The number of hydrogen-bond acceptors (Lipinski definition) is 4. The number of benzene rings is 2. The SMILES string of the molecule is O=C(Nc1ccccc1C(F)(F)F)c1ccnc(NCCc2ccccc2)n1. The molecule has 1 heterocycles. The van der Waals surface area contributed by atoms with E-state index in [4.69, 9.17) is 0 Å². The first-order chi connectivity index (χ1) is 13.4. The van der Waals surface area contributed by atoms with Gasteiger partial charge in [0.05, 0.1) is 11.3 Å². The summed E-state index contributed by atoms with van der Waals surface area (Å²) in [5.74, 6) is -0.516. The molecule has 0 aliphatic carbocycles. The van der Waals surface area contributed by atoms with Crippen LogP contribution in [0, 0.1) is 0 Å². The molecule has 0 spiro atoms. The Hall–Kier alpha value is -3.42. The monoisotopic (exact) mass is 386 g/mol. The molecule has 1 amide bonds. The lowest BCUT2D eigenvalue weighted by Crippen LogP contribution is -2.18. The van der Waals surface area contributed by atoms with E-state index in [9.17, 15) is 18.0 Å². The molecule has 0 saturated carbocycles. The van der Waals surface area contributed by atoms with E-state index in [-0.39, 0.29) is 17.3 Å². The Kier molecular flexibility index (Phi) is 5.88. The molecule has 3 aromatic rings.